The van der Waals surface area contributed by atoms with E-state index in [1.165, 1.54) is 11.8 Å². The first-order valence-electron chi connectivity index (χ1n) is 7.82. The van der Waals surface area contributed by atoms with E-state index in [-0.39, 0.29) is 5.91 Å². The second-order valence-electron chi connectivity index (χ2n) is 6.14. The molecule has 124 valence electrons. The monoisotopic (exact) mass is 324 g/mol. The van der Waals surface area contributed by atoms with E-state index in [4.69, 9.17) is 4.74 Å². The van der Waals surface area contributed by atoms with E-state index in [0.717, 1.165) is 11.1 Å². The Hall–Kier alpha value is -2.82. The standard InChI is InChI=1S/C19H20N2O3/c1-13-9-10-16-15(11-13)21(3)18(23)19(2,24-16)17(22)20-12-14-7-5-4-6-8-14/h4-11H,12H2,1-3H3,(H,20,22). The second-order valence-corrected chi connectivity index (χ2v) is 6.14. The van der Waals surface area contributed by atoms with Crippen LogP contribution in [0.4, 0.5) is 5.69 Å². The molecule has 1 atom stereocenters. The van der Waals surface area contributed by atoms with E-state index in [1.54, 1.807) is 13.1 Å². The number of fused-ring (bicyclic) bond motifs is 1. The van der Waals surface area contributed by atoms with Crippen LogP contribution in [-0.2, 0) is 16.1 Å². The third-order valence-electron chi connectivity index (χ3n) is 4.23. The van der Waals surface area contributed by atoms with Crippen molar-refractivity contribution >= 4 is 17.5 Å². The summed E-state index contributed by atoms with van der Waals surface area (Å²) >= 11 is 0. The maximum atomic E-state index is 12.7. The molecule has 0 aromatic heterocycles. The molecule has 1 heterocycles. The van der Waals surface area contributed by atoms with Gasteiger partial charge in [0.1, 0.15) is 5.75 Å². The molecule has 3 rings (SSSR count). The molecule has 5 nitrogen and oxygen atoms in total. The number of carbonyl (C=O) groups excluding carboxylic acids is 2. The first-order chi connectivity index (χ1) is 11.4. The number of benzene rings is 2. The number of aryl methyl sites for hydroxylation is 1. The van der Waals surface area contributed by atoms with Gasteiger partial charge in [0, 0.05) is 13.6 Å². The van der Waals surface area contributed by atoms with Gasteiger partial charge in [0.2, 0.25) is 0 Å². The molecular formula is C19H20N2O3. The summed E-state index contributed by atoms with van der Waals surface area (Å²) in [7, 11) is 1.66. The lowest BCUT2D eigenvalue weighted by molar-refractivity contribution is -0.148. The predicted octanol–water partition coefficient (Wildman–Crippen LogP) is 2.43. The van der Waals surface area contributed by atoms with Crippen molar-refractivity contribution in [3.63, 3.8) is 0 Å². The molecule has 2 amide bonds. The fourth-order valence-electron chi connectivity index (χ4n) is 2.76. The molecule has 0 spiro atoms. The summed E-state index contributed by atoms with van der Waals surface area (Å²) in [6.07, 6.45) is 0. The molecule has 0 aliphatic carbocycles. The molecule has 1 aliphatic heterocycles. The van der Waals surface area contributed by atoms with E-state index in [1.807, 2.05) is 49.4 Å². The average Bonchev–Trinajstić information content (AvgIpc) is 2.59. The van der Waals surface area contributed by atoms with Crippen LogP contribution in [-0.4, -0.2) is 24.5 Å². The van der Waals surface area contributed by atoms with Crippen LogP contribution < -0.4 is 15.0 Å². The van der Waals surface area contributed by atoms with Gasteiger partial charge in [-0.25, -0.2) is 0 Å². The molecular weight excluding hydrogens is 304 g/mol. The highest BCUT2D eigenvalue weighted by atomic mass is 16.5. The topological polar surface area (TPSA) is 58.6 Å². The Bertz CT molecular complexity index is 788. The van der Waals surface area contributed by atoms with Gasteiger partial charge in [-0.2, -0.15) is 0 Å². The molecule has 2 aromatic carbocycles. The van der Waals surface area contributed by atoms with E-state index >= 15 is 0 Å². The van der Waals surface area contributed by atoms with Crippen LogP contribution in [0.25, 0.3) is 0 Å². The average molecular weight is 324 g/mol. The lowest BCUT2D eigenvalue weighted by Crippen LogP contribution is -2.61. The van der Waals surface area contributed by atoms with Crippen molar-refractivity contribution in [2.24, 2.45) is 0 Å². The normalized spacial score (nSPS) is 19.5. The van der Waals surface area contributed by atoms with E-state index in [9.17, 15) is 9.59 Å². The third-order valence-corrected chi connectivity index (χ3v) is 4.23. The molecule has 0 bridgehead atoms. The van der Waals surface area contributed by atoms with Crippen molar-refractivity contribution in [3.05, 3.63) is 59.7 Å². The zero-order valence-electron chi connectivity index (χ0n) is 14.0. The van der Waals surface area contributed by atoms with Gasteiger partial charge in [0.05, 0.1) is 5.69 Å². The first-order valence-corrected chi connectivity index (χ1v) is 7.82. The molecule has 0 fully saturated rings. The predicted molar refractivity (Wildman–Crippen MR) is 91.9 cm³/mol. The van der Waals surface area contributed by atoms with Crippen LogP contribution in [0.5, 0.6) is 5.75 Å². The number of rotatable bonds is 3. The van der Waals surface area contributed by atoms with Crippen molar-refractivity contribution in [2.75, 3.05) is 11.9 Å². The van der Waals surface area contributed by atoms with Gasteiger partial charge >= 0.3 is 0 Å². The molecule has 2 aromatic rings. The minimum atomic E-state index is -1.58. The lowest BCUT2D eigenvalue weighted by Gasteiger charge is -2.38. The minimum absolute atomic E-state index is 0.344. The van der Waals surface area contributed by atoms with Crippen molar-refractivity contribution in [2.45, 2.75) is 26.0 Å². The Morgan fingerprint density at radius 3 is 2.62 bits per heavy atom. The number of hydrogen-bond donors (Lipinski definition) is 1. The van der Waals surface area contributed by atoms with Crippen LogP contribution in [0, 0.1) is 6.92 Å². The molecule has 24 heavy (non-hydrogen) atoms. The fourth-order valence-corrected chi connectivity index (χ4v) is 2.76. The number of nitrogens with zero attached hydrogens (tertiary/aromatic N) is 1. The van der Waals surface area contributed by atoms with Crippen molar-refractivity contribution in [3.8, 4) is 5.75 Å². The summed E-state index contributed by atoms with van der Waals surface area (Å²) in [6, 6.07) is 15.1. The first kappa shape index (κ1) is 16.1. The van der Waals surface area contributed by atoms with Crippen LogP contribution in [0.15, 0.2) is 48.5 Å². The van der Waals surface area contributed by atoms with Crippen LogP contribution >= 0.6 is 0 Å². The molecule has 0 saturated carbocycles. The van der Waals surface area contributed by atoms with Gasteiger partial charge in [-0.3, -0.25) is 9.59 Å². The number of nitrogens with one attached hydrogen (secondary N) is 1. The number of likely N-dealkylation sites (N-methyl/N-ethyl adjacent to an activating group) is 1. The maximum absolute atomic E-state index is 12.7. The summed E-state index contributed by atoms with van der Waals surface area (Å²) in [4.78, 5) is 26.8. The number of hydrogen-bond acceptors (Lipinski definition) is 3. The largest absolute Gasteiger partial charge is 0.466 e. The molecule has 5 heteroatoms. The number of anilines is 1. The highest BCUT2D eigenvalue weighted by Gasteiger charge is 2.49. The smallest absolute Gasteiger partial charge is 0.280 e. The van der Waals surface area contributed by atoms with Gasteiger partial charge in [-0.15, -0.1) is 0 Å². The molecule has 0 saturated heterocycles. The van der Waals surface area contributed by atoms with Gasteiger partial charge in [0.25, 0.3) is 17.4 Å². The van der Waals surface area contributed by atoms with Crippen molar-refractivity contribution < 1.29 is 14.3 Å². The summed E-state index contributed by atoms with van der Waals surface area (Å²) in [5.74, 6) is -0.305. The van der Waals surface area contributed by atoms with E-state index in [2.05, 4.69) is 5.32 Å². The van der Waals surface area contributed by atoms with Crippen LogP contribution in [0.2, 0.25) is 0 Å². The summed E-state index contributed by atoms with van der Waals surface area (Å²) in [5.41, 5.74) is 1.08. The van der Waals surface area contributed by atoms with Crippen molar-refractivity contribution in [1.82, 2.24) is 5.32 Å². The molecule has 1 aliphatic rings. The summed E-state index contributed by atoms with van der Waals surface area (Å²) in [5, 5.41) is 2.79. The van der Waals surface area contributed by atoms with Gasteiger partial charge in [-0.1, -0.05) is 36.4 Å². The van der Waals surface area contributed by atoms with Gasteiger partial charge in [0.15, 0.2) is 0 Å². The Morgan fingerprint density at radius 1 is 1.21 bits per heavy atom. The SMILES string of the molecule is Cc1ccc2c(c1)N(C)C(=O)C(C)(C(=O)NCc1ccccc1)O2. The number of ether oxygens (including phenoxy) is 1. The van der Waals surface area contributed by atoms with Crippen LogP contribution in [0.3, 0.4) is 0 Å². The summed E-state index contributed by atoms with van der Waals surface area (Å²) in [6.45, 7) is 3.80. The maximum Gasteiger partial charge on any atom is 0.280 e. The zero-order valence-corrected chi connectivity index (χ0v) is 14.0. The van der Waals surface area contributed by atoms with E-state index in [0.29, 0.717) is 18.0 Å². The molecule has 1 N–H and O–H groups in total. The fraction of sp³-hybridized carbons (Fsp3) is 0.263. The van der Waals surface area contributed by atoms with E-state index < -0.39 is 11.5 Å². The number of amides is 2. The number of carbonyl (C=O) groups is 2. The highest BCUT2D eigenvalue weighted by molar-refractivity contribution is 6.16. The zero-order chi connectivity index (χ0) is 17.3. The Morgan fingerprint density at radius 2 is 1.92 bits per heavy atom. The van der Waals surface area contributed by atoms with Crippen molar-refractivity contribution in [1.29, 1.82) is 0 Å². The minimum Gasteiger partial charge on any atom is -0.466 e. The lowest BCUT2D eigenvalue weighted by atomic mass is 9.99. The quantitative estimate of drug-likeness (QED) is 0.882. The Labute approximate surface area is 141 Å². The highest BCUT2D eigenvalue weighted by Crippen LogP contribution is 2.37. The second kappa shape index (κ2) is 6.00. The summed E-state index contributed by atoms with van der Waals surface area (Å²) < 4.78 is 5.80. The third kappa shape index (κ3) is 2.73. The molecule has 1 unspecified atom stereocenters. The molecule has 0 radical (unpaired) electrons. The Balaban J connectivity index is 1.82. The van der Waals surface area contributed by atoms with Gasteiger partial charge < -0.3 is 15.0 Å². The Kier molecular flexibility index (Phi) is 4.01. The van der Waals surface area contributed by atoms with Crippen LogP contribution in [0.1, 0.15) is 18.1 Å². The van der Waals surface area contributed by atoms with Gasteiger partial charge in [-0.05, 0) is 37.1 Å².